The van der Waals surface area contributed by atoms with Crippen LogP contribution < -0.4 is 0 Å². The van der Waals surface area contributed by atoms with Crippen LogP contribution in [0.5, 0.6) is 0 Å². The van der Waals surface area contributed by atoms with Crippen LogP contribution in [-0.4, -0.2) is 29.3 Å². The normalized spacial score (nSPS) is 21.5. The largest absolute Gasteiger partial charge is 0.221 e. The van der Waals surface area contributed by atoms with E-state index in [4.69, 9.17) is 0 Å². The van der Waals surface area contributed by atoms with Gasteiger partial charge in [0.25, 0.3) is 0 Å². The van der Waals surface area contributed by atoms with E-state index in [2.05, 4.69) is 101 Å². The molecule has 0 saturated carbocycles. The van der Waals surface area contributed by atoms with Crippen molar-refractivity contribution in [2.75, 3.05) is 13.1 Å². The predicted octanol–water partition coefficient (Wildman–Crippen LogP) is 4.57. The van der Waals surface area contributed by atoms with Crippen LogP contribution in [0.4, 0.5) is 0 Å². The van der Waals surface area contributed by atoms with E-state index in [1.165, 1.54) is 16.7 Å². The van der Waals surface area contributed by atoms with Crippen molar-refractivity contribution in [3.8, 4) is 0 Å². The lowest BCUT2D eigenvalue weighted by Crippen LogP contribution is -2.13. The molecule has 26 heavy (non-hydrogen) atoms. The summed E-state index contributed by atoms with van der Waals surface area (Å²) < 4.78 is 0. The molecular weight excluding hydrogens is 316 g/mol. The van der Waals surface area contributed by atoms with E-state index in [1.54, 1.807) is 0 Å². The fourth-order valence-electron chi connectivity index (χ4n) is 3.66. The van der Waals surface area contributed by atoms with Gasteiger partial charge in [0.1, 0.15) is 0 Å². The lowest BCUT2D eigenvalue weighted by molar-refractivity contribution is 0.311. The van der Waals surface area contributed by atoms with E-state index in [-0.39, 0.29) is 0 Å². The van der Waals surface area contributed by atoms with Gasteiger partial charge in [-0.1, -0.05) is 91.0 Å². The van der Waals surface area contributed by atoms with Crippen molar-refractivity contribution in [3.05, 3.63) is 108 Å². The first-order chi connectivity index (χ1) is 12.9. The molecule has 0 spiro atoms. The number of hydrazine groups is 1. The van der Waals surface area contributed by atoms with E-state index in [0.717, 1.165) is 32.4 Å². The van der Waals surface area contributed by atoms with Crippen molar-refractivity contribution in [1.82, 2.24) is 10.0 Å². The summed E-state index contributed by atoms with van der Waals surface area (Å²) in [6.45, 7) is 2.19. The van der Waals surface area contributed by atoms with Crippen molar-refractivity contribution in [1.29, 1.82) is 0 Å². The summed E-state index contributed by atoms with van der Waals surface area (Å²) in [6.07, 6.45) is 3.84. The van der Waals surface area contributed by atoms with E-state index < -0.39 is 0 Å². The summed E-state index contributed by atoms with van der Waals surface area (Å²) >= 11 is 0. The molecule has 2 unspecified atom stereocenters. The molecule has 1 fully saturated rings. The molecule has 3 aromatic rings. The van der Waals surface area contributed by atoms with Crippen LogP contribution in [0.15, 0.2) is 91.0 Å². The number of rotatable bonds is 8. The molecule has 0 aromatic heterocycles. The molecule has 3 aromatic carbocycles. The predicted molar refractivity (Wildman–Crippen MR) is 108 cm³/mol. The monoisotopic (exact) mass is 342 g/mol. The molecule has 0 bridgehead atoms. The molecular formula is C24H26N2. The molecule has 2 atom stereocenters. The van der Waals surface area contributed by atoms with Crippen LogP contribution in [0, 0.1) is 0 Å². The third kappa shape index (κ3) is 4.40. The number of hydrogen-bond acceptors (Lipinski definition) is 2. The average Bonchev–Trinajstić information content (AvgIpc) is 3.37. The second-order valence-corrected chi connectivity index (χ2v) is 6.97. The van der Waals surface area contributed by atoms with Crippen molar-refractivity contribution >= 4 is 0 Å². The first-order valence-electron chi connectivity index (χ1n) is 9.55. The van der Waals surface area contributed by atoms with Crippen LogP contribution in [-0.2, 0) is 19.3 Å². The van der Waals surface area contributed by atoms with E-state index in [0.29, 0.717) is 6.17 Å². The van der Waals surface area contributed by atoms with Crippen molar-refractivity contribution in [2.45, 2.75) is 25.4 Å². The van der Waals surface area contributed by atoms with Crippen molar-refractivity contribution in [3.63, 3.8) is 0 Å². The van der Waals surface area contributed by atoms with Crippen LogP contribution in [0.25, 0.3) is 0 Å². The van der Waals surface area contributed by atoms with E-state index in [1.807, 2.05) is 0 Å². The van der Waals surface area contributed by atoms with Gasteiger partial charge in [0.2, 0.25) is 0 Å². The second kappa shape index (κ2) is 8.31. The second-order valence-electron chi connectivity index (χ2n) is 6.97. The van der Waals surface area contributed by atoms with E-state index in [9.17, 15) is 0 Å². The van der Waals surface area contributed by atoms with Crippen molar-refractivity contribution < 1.29 is 0 Å². The Bertz CT molecular complexity index is 737. The molecule has 0 radical (unpaired) electrons. The minimum absolute atomic E-state index is 0.532. The number of hydrogen-bond donors (Lipinski definition) is 0. The maximum atomic E-state index is 2.54. The molecule has 0 aliphatic carbocycles. The molecule has 1 heterocycles. The molecule has 4 rings (SSSR count). The van der Waals surface area contributed by atoms with Gasteiger partial charge in [-0.05, 0) is 29.5 Å². The Morgan fingerprint density at radius 1 is 0.500 bits per heavy atom. The molecule has 2 nitrogen and oxygen atoms in total. The maximum Gasteiger partial charge on any atom is 0.0934 e. The summed E-state index contributed by atoms with van der Waals surface area (Å²) in [7, 11) is 0. The number of nitrogens with zero attached hydrogens (tertiary/aromatic N) is 2. The first kappa shape index (κ1) is 17.0. The Hall–Kier alpha value is -2.42. The lowest BCUT2D eigenvalue weighted by atomic mass is 10.1. The fraction of sp³-hybridized carbons (Fsp3) is 0.250. The highest BCUT2D eigenvalue weighted by Gasteiger charge is 2.43. The summed E-state index contributed by atoms with van der Waals surface area (Å²) in [4.78, 5) is 0. The van der Waals surface area contributed by atoms with Gasteiger partial charge in [0.05, 0.1) is 6.17 Å². The van der Waals surface area contributed by atoms with E-state index >= 15 is 0 Å². The standard InChI is InChI=1S/C24H26N2/c1-4-10-21(11-5-1)16-18-25-24(20-23-14-8-3-9-15-23)26(25)19-17-22-12-6-2-7-13-22/h1-15,24H,16-20H2. The van der Waals surface area contributed by atoms with Gasteiger partial charge in [-0.25, -0.2) is 10.0 Å². The summed E-state index contributed by atoms with van der Waals surface area (Å²) in [6, 6.07) is 32.5. The molecule has 1 aliphatic rings. The maximum absolute atomic E-state index is 2.54. The molecule has 0 amide bonds. The molecule has 1 aliphatic heterocycles. The zero-order valence-corrected chi connectivity index (χ0v) is 15.2. The Kier molecular flexibility index (Phi) is 5.44. The Morgan fingerprint density at radius 3 is 1.31 bits per heavy atom. The Balaban J connectivity index is 1.37. The van der Waals surface area contributed by atoms with Gasteiger partial charge in [-0.3, -0.25) is 0 Å². The van der Waals surface area contributed by atoms with Crippen LogP contribution in [0.1, 0.15) is 16.7 Å². The third-order valence-electron chi connectivity index (χ3n) is 5.17. The van der Waals surface area contributed by atoms with Crippen LogP contribution >= 0.6 is 0 Å². The third-order valence-corrected chi connectivity index (χ3v) is 5.17. The van der Waals surface area contributed by atoms with Crippen LogP contribution in [0.3, 0.4) is 0 Å². The molecule has 0 N–H and O–H groups in total. The van der Waals surface area contributed by atoms with Crippen LogP contribution in [0.2, 0.25) is 0 Å². The quantitative estimate of drug-likeness (QED) is 0.553. The van der Waals surface area contributed by atoms with Gasteiger partial charge in [0, 0.05) is 19.5 Å². The SMILES string of the molecule is c1ccc(CCN2C(Cc3ccccc3)N2CCc2ccccc2)cc1. The zero-order chi connectivity index (χ0) is 17.6. The van der Waals surface area contributed by atoms with Gasteiger partial charge in [0.15, 0.2) is 0 Å². The van der Waals surface area contributed by atoms with Gasteiger partial charge in [-0.15, -0.1) is 0 Å². The van der Waals surface area contributed by atoms with Gasteiger partial charge in [-0.2, -0.15) is 0 Å². The Morgan fingerprint density at radius 2 is 0.885 bits per heavy atom. The van der Waals surface area contributed by atoms with Gasteiger partial charge < -0.3 is 0 Å². The highest BCUT2D eigenvalue weighted by Crippen LogP contribution is 2.30. The molecule has 2 heteroatoms. The summed E-state index contributed by atoms with van der Waals surface area (Å²) in [5, 5.41) is 5.09. The first-order valence-corrected chi connectivity index (χ1v) is 9.55. The number of benzene rings is 3. The summed E-state index contributed by atoms with van der Waals surface area (Å²) in [5.74, 6) is 0. The molecule has 1 saturated heterocycles. The average molecular weight is 342 g/mol. The smallest absolute Gasteiger partial charge is 0.0934 e. The minimum Gasteiger partial charge on any atom is -0.221 e. The topological polar surface area (TPSA) is 6.02 Å². The highest BCUT2D eigenvalue weighted by atomic mass is 15.9. The fourth-order valence-corrected chi connectivity index (χ4v) is 3.66. The zero-order valence-electron chi connectivity index (χ0n) is 15.2. The van der Waals surface area contributed by atoms with Crippen molar-refractivity contribution in [2.24, 2.45) is 0 Å². The van der Waals surface area contributed by atoms with Gasteiger partial charge >= 0.3 is 0 Å². The molecule has 132 valence electrons. The Labute approximate surface area is 156 Å². The summed E-state index contributed by atoms with van der Waals surface area (Å²) in [5.41, 5.74) is 4.26. The lowest BCUT2D eigenvalue weighted by Gasteiger charge is -2.05. The highest BCUT2D eigenvalue weighted by molar-refractivity contribution is 5.19. The minimum atomic E-state index is 0.532.